The zero-order valence-electron chi connectivity index (χ0n) is 38.3. The van der Waals surface area contributed by atoms with Gasteiger partial charge in [0.25, 0.3) is 11.8 Å². The smallest absolute Gasteiger partial charge is 0.258 e. The van der Waals surface area contributed by atoms with Gasteiger partial charge >= 0.3 is 0 Å². The Balaban J connectivity index is 1.17. The van der Waals surface area contributed by atoms with Gasteiger partial charge in [0.2, 0.25) is 15.9 Å². The van der Waals surface area contributed by atoms with Crippen molar-refractivity contribution in [2.75, 3.05) is 36.9 Å². The molecule has 0 saturated carbocycles. The number of aliphatic hydroxyl groups excluding tert-OH is 1. The third-order valence-corrected chi connectivity index (χ3v) is 20.0. The largest absolute Gasteiger partial charge is 0.396 e. The molecule has 0 bridgehead atoms. The van der Waals surface area contributed by atoms with E-state index < -0.39 is 60.6 Å². The van der Waals surface area contributed by atoms with Gasteiger partial charge in [-0.15, -0.1) is 0 Å². The number of benzene rings is 5. The fourth-order valence-corrected chi connectivity index (χ4v) is 15.8. The highest BCUT2D eigenvalue weighted by Gasteiger charge is 2.46. The Labute approximate surface area is 433 Å². The molecule has 70 heavy (non-hydrogen) atoms. The quantitative estimate of drug-likeness (QED) is 0.0953. The highest BCUT2D eigenvalue weighted by atomic mass is 35.5. The monoisotopic (exact) mass is 1090 g/mol. The van der Waals surface area contributed by atoms with Crippen LogP contribution in [-0.2, 0) is 31.1 Å². The van der Waals surface area contributed by atoms with Gasteiger partial charge in [0.1, 0.15) is 5.25 Å². The van der Waals surface area contributed by atoms with Crippen molar-refractivity contribution in [1.82, 2.24) is 9.62 Å². The fraction of sp³-hybridized carbons (Fsp3) is 0.353. The molecule has 0 radical (unpaired) electrons. The highest BCUT2D eigenvalue weighted by molar-refractivity contribution is 7.91. The Hall–Kier alpha value is -4.22. The van der Waals surface area contributed by atoms with E-state index in [1.807, 2.05) is 6.92 Å². The lowest BCUT2D eigenvalue weighted by atomic mass is 9.71. The molecule has 1 heterocycles. The second kappa shape index (κ2) is 21.1. The minimum absolute atomic E-state index is 0.00282. The molecular weight excluding hydrogens is 1040 g/mol. The standard InChI is InChI=1S/C51H51Cl5N4O8S2/c1-27-16-17-60(25-28(27)2)70(67,68)46-20-32(26-61)47(36-14-12-34(22-39(36)46)59-51(64)49-42(54)8-5-9-43(49)55)37-15-13-35(23-44(37)56)69(65,66)45-19-30(24-57-29(3)62)18-31-10-11-33(21-38(31)45)58-50(63)48-40(52)6-4-7-41(48)53/h4-15,21-23,27-28,30,32,45-47,61H,16-20,24-26H2,1-3H3,(H,57,62)(H,58,63)(H,59,64)/t27-,28-,30-,32-,45?,46?,47?/m1/s1. The van der Waals surface area contributed by atoms with E-state index in [0.29, 0.717) is 59.8 Å². The van der Waals surface area contributed by atoms with Crippen molar-refractivity contribution in [3.63, 3.8) is 0 Å². The summed E-state index contributed by atoms with van der Waals surface area (Å²) in [4.78, 5) is 38.9. The van der Waals surface area contributed by atoms with E-state index in [1.165, 1.54) is 47.6 Å². The number of piperidine rings is 1. The molecule has 8 rings (SSSR count). The van der Waals surface area contributed by atoms with Crippen molar-refractivity contribution >= 4 is 107 Å². The number of carbonyl (C=O) groups is 3. The first-order chi connectivity index (χ1) is 33.2. The summed E-state index contributed by atoms with van der Waals surface area (Å²) < 4.78 is 61.2. The molecule has 4 N–H and O–H groups in total. The van der Waals surface area contributed by atoms with E-state index in [-0.39, 0.29) is 84.0 Å². The number of carbonyl (C=O) groups excluding carboxylic acids is 3. The maximum Gasteiger partial charge on any atom is 0.258 e. The van der Waals surface area contributed by atoms with Gasteiger partial charge in [-0.05, 0) is 138 Å². The van der Waals surface area contributed by atoms with Crippen LogP contribution in [0.15, 0.2) is 95.9 Å². The summed E-state index contributed by atoms with van der Waals surface area (Å²) in [6.45, 7) is 6.02. The van der Waals surface area contributed by atoms with Crippen LogP contribution in [0.2, 0.25) is 25.1 Å². The van der Waals surface area contributed by atoms with Crippen molar-refractivity contribution in [2.24, 2.45) is 23.7 Å². The van der Waals surface area contributed by atoms with Crippen molar-refractivity contribution in [2.45, 2.75) is 67.8 Å². The van der Waals surface area contributed by atoms with E-state index in [0.717, 1.165) is 5.56 Å². The molecule has 19 heteroatoms. The molecule has 0 aromatic heterocycles. The first-order valence-corrected chi connectivity index (χ1v) is 27.8. The van der Waals surface area contributed by atoms with Crippen LogP contribution in [0, 0.1) is 23.7 Å². The fourth-order valence-electron chi connectivity index (χ4n) is 10.2. The predicted octanol–water partition coefficient (Wildman–Crippen LogP) is 11.2. The van der Waals surface area contributed by atoms with Crippen LogP contribution in [0.25, 0.3) is 0 Å². The summed E-state index contributed by atoms with van der Waals surface area (Å²) in [6.07, 6.45) is 1.28. The normalized spacial score (nSPS) is 22.6. The molecule has 2 aliphatic carbocycles. The van der Waals surface area contributed by atoms with E-state index >= 15 is 8.42 Å². The van der Waals surface area contributed by atoms with E-state index in [2.05, 4.69) is 22.9 Å². The summed E-state index contributed by atoms with van der Waals surface area (Å²) in [5.74, 6) is -2.62. The molecule has 1 fully saturated rings. The molecule has 1 saturated heterocycles. The molecule has 5 aromatic rings. The summed E-state index contributed by atoms with van der Waals surface area (Å²) >= 11 is 32.6. The lowest BCUT2D eigenvalue weighted by Crippen LogP contribution is -2.45. The number of halogens is 5. The second-order valence-corrected chi connectivity index (χ2v) is 24.9. The van der Waals surface area contributed by atoms with Gasteiger partial charge in [-0.25, -0.2) is 21.1 Å². The lowest BCUT2D eigenvalue weighted by molar-refractivity contribution is -0.119. The number of sulfonamides is 1. The molecule has 12 nitrogen and oxygen atoms in total. The summed E-state index contributed by atoms with van der Waals surface area (Å²) in [5, 5.41) is 18.0. The van der Waals surface area contributed by atoms with Crippen LogP contribution >= 0.6 is 58.0 Å². The van der Waals surface area contributed by atoms with Gasteiger partial charge in [0.05, 0.1) is 41.4 Å². The maximum atomic E-state index is 15.0. The average Bonchev–Trinajstić information content (AvgIpc) is 3.30. The Morgan fingerprint density at radius 1 is 0.671 bits per heavy atom. The van der Waals surface area contributed by atoms with Gasteiger partial charge in [-0.1, -0.05) is 102 Å². The molecule has 5 aromatic carbocycles. The molecule has 1 aliphatic heterocycles. The Morgan fingerprint density at radius 2 is 1.24 bits per heavy atom. The van der Waals surface area contributed by atoms with Gasteiger partial charge in [-0.3, -0.25) is 14.4 Å². The number of hydrogen-bond acceptors (Lipinski definition) is 8. The minimum Gasteiger partial charge on any atom is -0.396 e. The van der Waals surface area contributed by atoms with E-state index in [9.17, 15) is 27.9 Å². The minimum atomic E-state index is -4.25. The zero-order valence-corrected chi connectivity index (χ0v) is 43.7. The Morgan fingerprint density at radius 3 is 1.80 bits per heavy atom. The number of aliphatic hydroxyl groups is 1. The van der Waals surface area contributed by atoms with E-state index in [4.69, 9.17) is 58.0 Å². The van der Waals surface area contributed by atoms with Crippen molar-refractivity contribution in [3.05, 3.63) is 155 Å². The van der Waals surface area contributed by atoms with Gasteiger partial charge in [0.15, 0.2) is 9.84 Å². The first-order valence-electron chi connectivity index (χ1n) is 22.8. The maximum absolute atomic E-state index is 15.0. The Bertz CT molecular complexity index is 3080. The van der Waals surface area contributed by atoms with Gasteiger partial charge in [0, 0.05) is 55.5 Å². The van der Waals surface area contributed by atoms with Crippen LogP contribution in [0.4, 0.5) is 11.4 Å². The number of nitrogens with one attached hydrogen (secondary N) is 3. The third kappa shape index (κ3) is 10.5. The summed E-state index contributed by atoms with van der Waals surface area (Å²) in [7, 11) is -8.28. The zero-order chi connectivity index (χ0) is 50.4. The van der Waals surface area contributed by atoms with Gasteiger partial charge < -0.3 is 21.1 Å². The summed E-state index contributed by atoms with van der Waals surface area (Å²) in [6, 6.07) is 23.9. The van der Waals surface area contributed by atoms with Crippen molar-refractivity contribution in [1.29, 1.82) is 0 Å². The highest BCUT2D eigenvalue weighted by Crippen LogP contribution is 2.52. The topological polar surface area (TPSA) is 179 Å². The Kier molecular flexibility index (Phi) is 15.7. The number of rotatable bonds is 12. The molecule has 370 valence electrons. The third-order valence-electron chi connectivity index (χ3n) is 14.1. The van der Waals surface area contributed by atoms with Crippen LogP contribution in [-0.4, -0.2) is 70.2 Å². The number of anilines is 2. The summed E-state index contributed by atoms with van der Waals surface area (Å²) in [5.41, 5.74) is 3.32. The molecule has 3 amide bonds. The van der Waals surface area contributed by atoms with Crippen molar-refractivity contribution in [3.8, 4) is 0 Å². The SMILES string of the molecule is CC(=O)NC[C@@H]1Cc2ccc(NC(=O)c3c(Cl)cccc3Cl)cc2C(S(=O)(=O)c2ccc(C3c4ccc(NC(=O)c5c(Cl)cccc5Cl)cc4C(S(=O)(=O)N4CC[C@@H](C)[C@H](C)C4)C[C@@H]3CO)c(Cl)c2)C1. The molecule has 3 aliphatic rings. The predicted molar refractivity (Wildman–Crippen MR) is 277 cm³/mol. The number of fused-ring (bicyclic) bond motifs is 2. The first kappa shape index (κ1) is 52.1. The van der Waals surface area contributed by atoms with Gasteiger partial charge in [-0.2, -0.15) is 0 Å². The average molecular weight is 1090 g/mol. The number of hydrogen-bond donors (Lipinski definition) is 4. The van der Waals surface area contributed by atoms with Crippen LogP contribution in [0.1, 0.15) is 105 Å². The number of amides is 3. The molecule has 7 atom stereocenters. The van der Waals surface area contributed by atoms with Crippen LogP contribution in [0.3, 0.4) is 0 Å². The van der Waals surface area contributed by atoms with Crippen molar-refractivity contribution < 1.29 is 36.3 Å². The van der Waals surface area contributed by atoms with E-state index in [1.54, 1.807) is 54.6 Å². The molecule has 0 spiro atoms. The molecule has 3 unspecified atom stereocenters. The lowest BCUT2D eigenvalue weighted by Gasteiger charge is -2.42. The second-order valence-electron chi connectivity index (χ2n) is 18.6. The number of nitrogens with zero attached hydrogens (tertiary/aromatic N) is 1. The van der Waals surface area contributed by atoms with Crippen LogP contribution in [0.5, 0.6) is 0 Å². The molecular formula is C51H51Cl5N4O8S2. The number of sulfone groups is 1. The van der Waals surface area contributed by atoms with Crippen LogP contribution < -0.4 is 16.0 Å².